The summed E-state index contributed by atoms with van der Waals surface area (Å²) < 4.78 is 6.21. The molecule has 0 bridgehead atoms. The molecule has 2 aromatic carbocycles. The van der Waals surface area contributed by atoms with Crippen molar-refractivity contribution in [2.24, 2.45) is 0 Å². The summed E-state index contributed by atoms with van der Waals surface area (Å²) in [6.07, 6.45) is 7.51. The third-order valence-electron chi connectivity index (χ3n) is 11.9. The lowest BCUT2D eigenvalue weighted by atomic mass is 10.0. The van der Waals surface area contributed by atoms with E-state index in [-0.39, 0.29) is 47.5 Å². The Morgan fingerprint density at radius 1 is 0.619 bits per heavy atom. The summed E-state index contributed by atoms with van der Waals surface area (Å²) in [4.78, 5) is 67.9. The molecule has 0 radical (unpaired) electrons. The Morgan fingerprint density at radius 3 is 1.51 bits per heavy atom. The van der Waals surface area contributed by atoms with E-state index in [1.54, 1.807) is 34.8 Å². The number of nitrogens with one attached hydrogen (secondary N) is 4. The Hall–Kier alpha value is -5.14. The average Bonchev–Trinajstić information content (AvgIpc) is 4.12. The summed E-state index contributed by atoms with van der Waals surface area (Å²) in [6.45, 7) is 5.15. The normalized spacial score (nSPS) is 18.9. The van der Waals surface area contributed by atoms with Gasteiger partial charge in [-0.15, -0.1) is 45.3 Å². The van der Waals surface area contributed by atoms with Gasteiger partial charge in [-0.25, -0.2) is 9.97 Å². The Balaban J connectivity index is 0.673. The number of thiazole rings is 2. The molecule has 4 aromatic heterocycles. The highest BCUT2D eigenvalue weighted by atomic mass is 32.1. The van der Waals surface area contributed by atoms with Crippen molar-refractivity contribution in [2.75, 3.05) is 49.9 Å². The van der Waals surface area contributed by atoms with Gasteiger partial charge in [0.15, 0.2) is 0 Å². The monoisotopic (exact) mass is 918 g/mol. The number of nitrogens with zero attached hydrogens (tertiary/aromatic N) is 4. The molecule has 0 spiro atoms. The summed E-state index contributed by atoms with van der Waals surface area (Å²) in [5.41, 5.74) is 4.34. The second-order valence-corrected chi connectivity index (χ2v) is 20.7. The van der Waals surface area contributed by atoms with E-state index in [0.717, 1.165) is 80.8 Å². The van der Waals surface area contributed by atoms with E-state index in [1.807, 2.05) is 46.5 Å². The number of ether oxygens (including phenoxy) is 1. The molecule has 8 heterocycles. The lowest BCUT2D eigenvalue weighted by Crippen LogP contribution is -2.48. The van der Waals surface area contributed by atoms with Gasteiger partial charge in [0.2, 0.25) is 11.8 Å². The third kappa shape index (κ3) is 9.41. The first-order valence-corrected chi connectivity index (χ1v) is 24.6. The number of rotatable bonds is 14. The first-order chi connectivity index (χ1) is 30.8. The molecule has 63 heavy (non-hydrogen) atoms. The molecule has 2 atom stereocenters. The van der Waals surface area contributed by atoms with Gasteiger partial charge in [0, 0.05) is 50.4 Å². The van der Waals surface area contributed by atoms with Crippen molar-refractivity contribution in [2.45, 2.75) is 62.8 Å². The summed E-state index contributed by atoms with van der Waals surface area (Å²) in [6, 6.07) is 23.6. The lowest BCUT2D eigenvalue weighted by Gasteiger charge is -2.37. The maximum absolute atomic E-state index is 13.2. The third-order valence-corrected chi connectivity index (χ3v) is 16.3. The molecule has 13 nitrogen and oxygen atoms in total. The maximum Gasteiger partial charge on any atom is 0.264 e. The van der Waals surface area contributed by atoms with Gasteiger partial charge < -0.3 is 35.8 Å². The number of benzene rings is 2. The molecule has 10 rings (SSSR count). The van der Waals surface area contributed by atoms with Crippen LogP contribution in [0, 0.1) is 0 Å². The van der Waals surface area contributed by atoms with Gasteiger partial charge >= 0.3 is 0 Å². The molecule has 4 fully saturated rings. The van der Waals surface area contributed by atoms with Crippen molar-refractivity contribution in [3.05, 3.63) is 116 Å². The number of likely N-dealkylation sites (tertiary alicyclic amines) is 2. The van der Waals surface area contributed by atoms with Crippen molar-refractivity contribution < 1.29 is 23.9 Å². The molecule has 324 valence electrons. The van der Waals surface area contributed by atoms with E-state index < -0.39 is 0 Å². The fourth-order valence-corrected chi connectivity index (χ4v) is 12.1. The number of hydrogen-bond acceptors (Lipinski definition) is 13. The Kier molecular flexibility index (Phi) is 12.3. The van der Waals surface area contributed by atoms with Crippen LogP contribution in [0.1, 0.15) is 78.0 Å². The van der Waals surface area contributed by atoms with E-state index in [1.165, 1.54) is 22.7 Å². The number of thiophene rings is 2. The molecule has 4 saturated heterocycles. The van der Waals surface area contributed by atoms with E-state index in [2.05, 4.69) is 57.7 Å². The Morgan fingerprint density at radius 2 is 1.08 bits per heavy atom. The van der Waals surface area contributed by atoms with Crippen LogP contribution >= 0.6 is 45.3 Å². The summed E-state index contributed by atoms with van der Waals surface area (Å²) in [7, 11) is 0. The minimum absolute atomic E-state index is 0.0111. The van der Waals surface area contributed by atoms with Crippen LogP contribution in [0.4, 0.5) is 10.0 Å². The highest BCUT2D eigenvalue weighted by molar-refractivity contribution is 7.18. The van der Waals surface area contributed by atoms with Crippen molar-refractivity contribution in [1.29, 1.82) is 0 Å². The topological polar surface area (TPSA) is 158 Å². The van der Waals surface area contributed by atoms with Gasteiger partial charge in [-0.2, -0.15) is 0 Å². The standard InChI is InChI=1S/C46H46N8O5S4/c55-41(33-9-3-15-47-33)51-39-13-11-35(60-39)45(57)53-21-31(22-53)43-49-19-37(62-43)29-7-1-5-27(17-29)25-59-26-28-6-2-8-30(18-28)38-20-50-44(63-38)32-23-54(24-32)46(58)36-12-14-40(61-36)52-42(56)34-10-4-16-48-34/h1-2,5-8,11-14,17-20,31-34,47-48H,3-4,9-10,15-16,21-26H2,(H,51,55)(H,52,56)/t33-,34?/m0/s1. The van der Waals surface area contributed by atoms with E-state index >= 15 is 0 Å². The highest BCUT2D eigenvalue weighted by Crippen LogP contribution is 2.38. The van der Waals surface area contributed by atoms with Gasteiger partial charge in [0.05, 0.1) is 64.8 Å². The molecule has 4 aliphatic heterocycles. The first-order valence-electron chi connectivity index (χ1n) is 21.3. The van der Waals surface area contributed by atoms with Crippen molar-refractivity contribution in [3.8, 4) is 20.9 Å². The van der Waals surface area contributed by atoms with Crippen molar-refractivity contribution in [3.63, 3.8) is 0 Å². The molecule has 6 aromatic rings. The second-order valence-electron chi connectivity index (χ2n) is 16.4. The van der Waals surface area contributed by atoms with Crippen LogP contribution in [0.3, 0.4) is 0 Å². The zero-order chi connectivity index (χ0) is 42.9. The molecule has 4 aliphatic rings. The molecule has 17 heteroatoms. The van der Waals surface area contributed by atoms with Crippen LogP contribution in [0.5, 0.6) is 0 Å². The SMILES string of the molecule is O=C(Nc1ccc(C(=O)N2CC(c3ncc(-c4cccc(COCc5cccc(-c6cnc(C7CN(C(=O)c8ccc(NC(=O)[C@@H]9CCCN9)s8)C7)s6)c5)c4)s3)C2)s1)C1CCCN1. The predicted molar refractivity (Wildman–Crippen MR) is 249 cm³/mol. The van der Waals surface area contributed by atoms with Gasteiger partial charge in [-0.1, -0.05) is 36.4 Å². The minimum atomic E-state index is -0.161. The van der Waals surface area contributed by atoms with Gasteiger partial charge in [-0.05, 0) is 97.4 Å². The number of hydrogen-bond donors (Lipinski definition) is 4. The van der Waals surface area contributed by atoms with Crippen LogP contribution in [-0.4, -0.2) is 94.7 Å². The molecule has 4 N–H and O–H groups in total. The molecule has 1 unspecified atom stereocenters. The number of aromatic nitrogens is 2. The lowest BCUT2D eigenvalue weighted by molar-refractivity contribution is -0.118. The van der Waals surface area contributed by atoms with Crippen molar-refractivity contribution in [1.82, 2.24) is 30.4 Å². The number of anilines is 2. The van der Waals surface area contributed by atoms with Gasteiger partial charge in [0.25, 0.3) is 11.8 Å². The number of carbonyl (C=O) groups is 4. The van der Waals surface area contributed by atoms with E-state index in [0.29, 0.717) is 59.1 Å². The molecular formula is C46H46N8O5S4. The van der Waals surface area contributed by atoms with Gasteiger partial charge in [0.1, 0.15) is 0 Å². The number of carbonyl (C=O) groups excluding carboxylic acids is 4. The van der Waals surface area contributed by atoms with Crippen LogP contribution in [0.2, 0.25) is 0 Å². The van der Waals surface area contributed by atoms with Crippen LogP contribution < -0.4 is 21.3 Å². The summed E-state index contributed by atoms with van der Waals surface area (Å²) in [5, 5.41) is 15.8. The summed E-state index contributed by atoms with van der Waals surface area (Å²) >= 11 is 5.99. The molecule has 4 amide bonds. The fourth-order valence-electron chi connectivity index (χ4n) is 8.32. The maximum atomic E-state index is 13.2. The minimum Gasteiger partial charge on any atom is -0.372 e. The van der Waals surface area contributed by atoms with E-state index in [9.17, 15) is 19.2 Å². The van der Waals surface area contributed by atoms with Crippen molar-refractivity contribution >= 4 is 79.0 Å². The predicted octanol–water partition coefficient (Wildman–Crippen LogP) is 7.63. The van der Waals surface area contributed by atoms with Crippen LogP contribution in [-0.2, 0) is 27.5 Å². The Bertz CT molecular complexity index is 2450. The number of amides is 4. The highest BCUT2D eigenvalue weighted by Gasteiger charge is 2.36. The zero-order valence-electron chi connectivity index (χ0n) is 34.3. The quantitative estimate of drug-likeness (QED) is 0.0863. The zero-order valence-corrected chi connectivity index (χ0v) is 37.6. The smallest absolute Gasteiger partial charge is 0.264 e. The molecule has 0 aliphatic carbocycles. The fraction of sp³-hybridized carbons (Fsp3) is 0.348. The second kappa shape index (κ2) is 18.5. The summed E-state index contributed by atoms with van der Waals surface area (Å²) in [5.74, 6) is 0.298. The first kappa shape index (κ1) is 41.8. The van der Waals surface area contributed by atoms with Gasteiger partial charge in [-0.3, -0.25) is 19.2 Å². The Labute approximate surface area is 380 Å². The van der Waals surface area contributed by atoms with Crippen LogP contribution in [0.25, 0.3) is 20.9 Å². The van der Waals surface area contributed by atoms with Crippen LogP contribution in [0.15, 0.2) is 85.2 Å². The molecular weight excluding hydrogens is 873 g/mol. The molecule has 0 saturated carbocycles. The average molecular weight is 919 g/mol. The largest absolute Gasteiger partial charge is 0.372 e. The van der Waals surface area contributed by atoms with E-state index in [4.69, 9.17) is 14.7 Å².